The fourth-order valence-electron chi connectivity index (χ4n) is 1.68. The highest BCUT2D eigenvalue weighted by Gasteiger charge is 2.08. The van der Waals surface area contributed by atoms with E-state index in [1.807, 2.05) is 4.98 Å². The molecule has 0 aliphatic heterocycles. The average molecular weight is 265 g/mol. The van der Waals surface area contributed by atoms with Crippen LogP contribution in [0.15, 0.2) is 34.0 Å². The molecule has 0 amide bonds. The summed E-state index contributed by atoms with van der Waals surface area (Å²) in [6, 6.07) is 4.91. The highest BCUT2D eigenvalue weighted by atomic mass is 19.1. The predicted octanol–water partition coefficient (Wildman–Crippen LogP) is 0.315. The molecule has 0 atom stereocenters. The van der Waals surface area contributed by atoms with Crippen LogP contribution in [0, 0.1) is 5.82 Å². The molecule has 0 bridgehead atoms. The number of anilines is 1. The smallest absolute Gasteiger partial charge is 0.328 e. The van der Waals surface area contributed by atoms with Gasteiger partial charge in [-0.25, -0.2) is 4.79 Å². The Bertz CT molecular complexity index is 721. The minimum atomic E-state index is -1.04. The van der Waals surface area contributed by atoms with Gasteiger partial charge in [0.05, 0.1) is 19.9 Å². The van der Waals surface area contributed by atoms with Gasteiger partial charge in [-0.1, -0.05) is 6.07 Å². The second-order valence-electron chi connectivity index (χ2n) is 3.94. The number of aromatic nitrogens is 2. The molecule has 100 valence electrons. The summed E-state index contributed by atoms with van der Waals surface area (Å²) in [6.45, 7) is 0.0655. The maximum Gasteiger partial charge on any atom is 0.328 e. The van der Waals surface area contributed by atoms with E-state index in [0.717, 1.165) is 10.8 Å². The standard InChI is InChI=1S/C12H12FN3O3/c1-19-10-4-8(14)3-2-7(10)5-16-6-9(13)11(17)15-12(16)18/h2-4,6H,5,14H2,1H3,(H,15,17,18). The number of rotatable bonds is 3. The van der Waals surface area contributed by atoms with Crippen LogP contribution in [0.2, 0.25) is 0 Å². The Morgan fingerprint density at radius 1 is 1.42 bits per heavy atom. The lowest BCUT2D eigenvalue weighted by Crippen LogP contribution is -2.31. The molecular formula is C12H12FN3O3. The third-order valence-electron chi connectivity index (χ3n) is 2.62. The van der Waals surface area contributed by atoms with Crippen molar-refractivity contribution in [1.29, 1.82) is 0 Å². The number of halogens is 1. The van der Waals surface area contributed by atoms with Crippen molar-refractivity contribution in [3.05, 3.63) is 56.6 Å². The minimum absolute atomic E-state index is 0.0655. The zero-order chi connectivity index (χ0) is 14.0. The molecule has 0 spiro atoms. The van der Waals surface area contributed by atoms with E-state index in [1.54, 1.807) is 18.2 Å². The van der Waals surface area contributed by atoms with Gasteiger partial charge in [0.25, 0.3) is 5.56 Å². The van der Waals surface area contributed by atoms with Gasteiger partial charge in [-0.2, -0.15) is 4.39 Å². The minimum Gasteiger partial charge on any atom is -0.496 e. The fourth-order valence-corrected chi connectivity index (χ4v) is 1.68. The third-order valence-corrected chi connectivity index (χ3v) is 2.62. The van der Waals surface area contributed by atoms with Crippen molar-refractivity contribution in [3.63, 3.8) is 0 Å². The van der Waals surface area contributed by atoms with Crippen LogP contribution in [0.3, 0.4) is 0 Å². The Balaban J connectivity index is 2.44. The predicted molar refractivity (Wildman–Crippen MR) is 67.8 cm³/mol. The van der Waals surface area contributed by atoms with Crippen molar-refractivity contribution >= 4 is 5.69 Å². The SMILES string of the molecule is COc1cc(N)ccc1Cn1cc(F)c(=O)[nH]c1=O. The Hall–Kier alpha value is -2.57. The van der Waals surface area contributed by atoms with E-state index in [4.69, 9.17) is 10.5 Å². The van der Waals surface area contributed by atoms with E-state index in [0.29, 0.717) is 17.0 Å². The molecular weight excluding hydrogens is 253 g/mol. The Morgan fingerprint density at radius 3 is 2.84 bits per heavy atom. The summed E-state index contributed by atoms with van der Waals surface area (Å²) < 4.78 is 19.3. The van der Waals surface area contributed by atoms with E-state index in [9.17, 15) is 14.0 Å². The molecule has 0 unspecified atom stereocenters. The number of nitrogen functional groups attached to an aromatic ring is 1. The number of ether oxygens (including phenoxy) is 1. The quantitative estimate of drug-likeness (QED) is 0.782. The van der Waals surface area contributed by atoms with Crippen LogP contribution in [-0.4, -0.2) is 16.7 Å². The summed E-state index contributed by atoms with van der Waals surface area (Å²) in [5.74, 6) is -0.535. The van der Waals surface area contributed by atoms with Gasteiger partial charge < -0.3 is 10.5 Å². The lowest BCUT2D eigenvalue weighted by atomic mass is 10.2. The lowest BCUT2D eigenvalue weighted by molar-refractivity contribution is 0.408. The molecule has 1 aromatic carbocycles. The molecule has 0 aliphatic carbocycles. The number of nitrogens with two attached hydrogens (primary N) is 1. The number of methoxy groups -OCH3 is 1. The van der Waals surface area contributed by atoms with E-state index in [2.05, 4.69) is 0 Å². The van der Waals surface area contributed by atoms with Gasteiger partial charge in [-0.05, 0) is 6.07 Å². The van der Waals surface area contributed by atoms with Crippen LogP contribution >= 0.6 is 0 Å². The molecule has 0 fully saturated rings. The molecule has 7 heteroatoms. The molecule has 0 radical (unpaired) electrons. The van der Waals surface area contributed by atoms with Crippen LogP contribution in [0.5, 0.6) is 5.75 Å². The van der Waals surface area contributed by atoms with Crippen LogP contribution in [-0.2, 0) is 6.54 Å². The second kappa shape index (κ2) is 4.97. The Labute approximate surface area is 107 Å². The number of aromatic amines is 1. The van der Waals surface area contributed by atoms with Gasteiger partial charge in [-0.15, -0.1) is 0 Å². The average Bonchev–Trinajstić information content (AvgIpc) is 2.37. The molecule has 0 aliphatic rings. The van der Waals surface area contributed by atoms with Gasteiger partial charge in [0.15, 0.2) is 0 Å². The Kier molecular flexibility index (Phi) is 3.37. The van der Waals surface area contributed by atoms with Gasteiger partial charge in [0, 0.05) is 17.3 Å². The number of nitrogens with one attached hydrogen (secondary N) is 1. The maximum absolute atomic E-state index is 13.2. The zero-order valence-corrected chi connectivity index (χ0v) is 10.1. The van der Waals surface area contributed by atoms with Crippen LogP contribution < -0.4 is 21.7 Å². The first-order chi connectivity index (χ1) is 9.01. The first kappa shape index (κ1) is 12.9. The third kappa shape index (κ3) is 2.65. The van der Waals surface area contributed by atoms with Crippen LogP contribution in [0.4, 0.5) is 10.1 Å². The summed E-state index contributed by atoms with van der Waals surface area (Å²) in [5, 5.41) is 0. The number of benzene rings is 1. The van der Waals surface area contributed by atoms with Crippen molar-refractivity contribution in [2.24, 2.45) is 0 Å². The van der Waals surface area contributed by atoms with E-state index >= 15 is 0 Å². The van der Waals surface area contributed by atoms with Gasteiger partial charge in [-0.3, -0.25) is 14.3 Å². The van der Waals surface area contributed by atoms with Crippen LogP contribution in [0.1, 0.15) is 5.56 Å². The largest absolute Gasteiger partial charge is 0.496 e. The molecule has 0 saturated carbocycles. The van der Waals surface area contributed by atoms with Gasteiger partial charge in [0.2, 0.25) is 5.82 Å². The molecule has 19 heavy (non-hydrogen) atoms. The normalized spacial score (nSPS) is 10.4. The number of H-pyrrole nitrogens is 1. The van der Waals surface area contributed by atoms with Crippen molar-refractivity contribution in [2.45, 2.75) is 6.54 Å². The molecule has 1 aromatic heterocycles. The second-order valence-corrected chi connectivity index (χ2v) is 3.94. The first-order valence-electron chi connectivity index (χ1n) is 5.43. The maximum atomic E-state index is 13.2. The van der Waals surface area contributed by atoms with Crippen molar-refractivity contribution in [2.75, 3.05) is 12.8 Å². The zero-order valence-electron chi connectivity index (χ0n) is 10.1. The number of hydrogen-bond acceptors (Lipinski definition) is 4. The highest BCUT2D eigenvalue weighted by molar-refractivity contribution is 5.48. The topological polar surface area (TPSA) is 90.1 Å². The lowest BCUT2D eigenvalue weighted by Gasteiger charge is -2.10. The van der Waals surface area contributed by atoms with Crippen molar-refractivity contribution in [3.8, 4) is 5.75 Å². The summed E-state index contributed by atoms with van der Waals surface area (Å²) >= 11 is 0. The summed E-state index contributed by atoms with van der Waals surface area (Å²) in [4.78, 5) is 24.4. The van der Waals surface area contributed by atoms with E-state index in [-0.39, 0.29) is 6.54 Å². The molecule has 2 aromatic rings. The molecule has 0 saturated heterocycles. The first-order valence-corrected chi connectivity index (χ1v) is 5.43. The molecule has 3 N–H and O–H groups in total. The monoisotopic (exact) mass is 265 g/mol. The Morgan fingerprint density at radius 2 is 2.16 bits per heavy atom. The molecule has 2 rings (SSSR count). The fraction of sp³-hybridized carbons (Fsp3) is 0.167. The van der Waals surface area contributed by atoms with Gasteiger partial charge in [0.1, 0.15) is 5.75 Å². The summed E-state index contributed by atoms with van der Waals surface area (Å²) in [6.07, 6.45) is 0.858. The summed E-state index contributed by atoms with van der Waals surface area (Å²) in [5.41, 5.74) is 5.05. The highest BCUT2D eigenvalue weighted by Crippen LogP contribution is 2.21. The molecule has 1 heterocycles. The van der Waals surface area contributed by atoms with E-state index in [1.165, 1.54) is 7.11 Å². The summed E-state index contributed by atoms with van der Waals surface area (Å²) in [7, 11) is 1.47. The van der Waals surface area contributed by atoms with Crippen LogP contribution in [0.25, 0.3) is 0 Å². The van der Waals surface area contributed by atoms with Crippen molar-refractivity contribution in [1.82, 2.24) is 9.55 Å². The number of hydrogen-bond donors (Lipinski definition) is 2. The molecule has 6 nitrogen and oxygen atoms in total. The van der Waals surface area contributed by atoms with Gasteiger partial charge >= 0.3 is 5.69 Å². The van der Waals surface area contributed by atoms with E-state index < -0.39 is 17.1 Å². The van der Waals surface area contributed by atoms with Crippen molar-refractivity contribution < 1.29 is 9.13 Å². The number of nitrogens with zero attached hydrogens (tertiary/aromatic N) is 1.